The highest BCUT2D eigenvalue weighted by molar-refractivity contribution is 9.10. The molecule has 0 spiro atoms. The molecular weight excluding hydrogens is 286 g/mol. The number of carbonyl (C=O) groups is 2. The molecule has 0 aromatic heterocycles. The lowest BCUT2D eigenvalue weighted by atomic mass is 10.1. The van der Waals surface area contributed by atoms with Crippen LogP contribution in [0.1, 0.15) is 18.4 Å². The van der Waals surface area contributed by atoms with Gasteiger partial charge in [0.2, 0.25) is 5.91 Å². The van der Waals surface area contributed by atoms with Gasteiger partial charge in [0, 0.05) is 4.47 Å². The van der Waals surface area contributed by atoms with E-state index in [2.05, 4.69) is 21.2 Å². The molecule has 1 aliphatic rings. The third kappa shape index (κ3) is 2.85. The first-order chi connectivity index (χ1) is 8.02. The largest absolute Gasteiger partial charge is 0.480 e. The second-order valence-electron chi connectivity index (χ2n) is 4.24. The van der Waals surface area contributed by atoms with Crippen molar-refractivity contribution in [3.05, 3.63) is 34.3 Å². The van der Waals surface area contributed by atoms with Crippen LogP contribution in [0.2, 0.25) is 0 Å². The fourth-order valence-corrected chi connectivity index (χ4v) is 1.88. The van der Waals surface area contributed by atoms with Crippen LogP contribution in [0.4, 0.5) is 0 Å². The molecule has 0 atom stereocenters. The van der Waals surface area contributed by atoms with Crippen molar-refractivity contribution in [1.29, 1.82) is 0 Å². The lowest BCUT2D eigenvalue weighted by Gasteiger charge is -2.12. The summed E-state index contributed by atoms with van der Waals surface area (Å²) < 4.78 is 0.950. The number of rotatable bonds is 4. The maximum atomic E-state index is 11.7. The van der Waals surface area contributed by atoms with Crippen LogP contribution in [0.3, 0.4) is 0 Å². The molecule has 0 unspecified atom stereocenters. The predicted molar refractivity (Wildman–Crippen MR) is 65.6 cm³/mol. The first kappa shape index (κ1) is 12.1. The average Bonchev–Trinajstić information content (AvgIpc) is 3.02. The molecule has 90 valence electrons. The van der Waals surface area contributed by atoms with E-state index in [-0.39, 0.29) is 12.3 Å². The summed E-state index contributed by atoms with van der Waals surface area (Å²) in [5.41, 5.74) is -0.126. The highest BCUT2D eigenvalue weighted by Gasteiger charge is 2.51. The fourth-order valence-electron chi connectivity index (χ4n) is 1.62. The maximum Gasteiger partial charge on any atom is 0.329 e. The molecule has 0 bridgehead atoms. The summed E-state index contributed by atoms with van der Waals surface area (Å²) in [6.45, 7) is 0. The van der Waals surface area contributed by atoms with Crippen molar-refractivity contribution in [3.63, 3.8) is 0 Å². The van der Waals surface area contributed by atoms with Gasteiger partial charge in [0.15, 0.2) is 0 Å². The first-order valence-corrected chi connectivity index (χ1v) is 6.10. The summed E-state index contributed by atoms with van der Waals surface area (Å²) in [5.74, 6) is -1.19. The standard InChI is InChI=1S/C12H12BrNO3/c13-9-3-1-8(2-4-9)7-10(15)14-12(5-6-12)11(16)17/h1-4H,5-7H2,(H,14,15)(H,16,17). The second-order valence-corrected chi connectivity index (χ2v) is 5.15. The van der Waals surface area contributed by atoms with Gasteiger partial charge in [0.25, 0.3) is 0 Å². The van der Waals surface area contributed by atoms with Crippen molar-refractivity contribution < 1.29 is 14.7 Å². The van der Waals surface area contributed by atoms with Crippen LogP contribution in [-0.2, 0) is 16.0 Å². The number of hydrogen-bond donors (Lipinski definition) is 2. The lowest BCUT2D eigenvalue weighted by molar-refractivity contribution is -0.143. The van der Waals surface area contributed by atoms with Gasteiger partial charge in [-0.1, -0.05) is 28.1 Å². The Labute approximate surface area is 107 Å². The Bertz CT molecular complexity index is 451. The van der Waals surface area contributed by atoms with Crippen LogP contribution in [0.15, 0.2) is 28.7 Å². The van der Waals surface area contributed by atoms with Gasteiger partial charge in [-0.25, -0.2) is 4.79 Å². The zero-order chi connectivity index (χ0) is 12.5. The highest BCUT2D eigenvalue weighted by atomic mass is 79.9. The third-order valence-corrected chi connectivity index (χ3v) is 3.34. The van der Waals surface area contributed by atoms with Crippen molar-refractivity contribution in [1.82, 2.24) is 5.32 Å². The molecule has 5 heteroatoms. The minimum Gasteiger partial charge on any atom is -0.480 e. The van der Waals surface area contributed by atoms with Crippen molar-refractivity contribution >= 4 is 27.8 Å². The minimum absolute atomic E-state index is 0.211. The summed E-state index contributed by atoms with van der Waals surface area (Å²) in [7, 11) is 0. The Hall–Kier alpha value is -1.36. The number of nitrogens with one attached hydrogen (secondary N) is 1. The monoisotopic (exact) mass is 297 g/mol. The zero-order valence-electron chi connectivity index (χ0n) is 9.07. The number of aliphatic carboxylic acids is 1. The van der Waals surface area contributed by atoms with E-state index in [4.69, 9.17) is 5.11 Å². The second kappa shape index (κ2) is 4.49. The molecule has 1 aromatic carbocycles. The van der Waals surface area contributed by atoms with E-state index in [1.54, 1.807) is 0 Å². The van der Waals surface area contributed by atoms with Gasteiger partial charge in [-0.15, -0.1) is 0 Å². The van der Waals surface area contributed by atoms with Gasteiger partial charge in [-0.3, -0.25) is 4.79 Å². The van der Waals surface area contributed by atoms with E-state index in [0.717, 1.165) is 10.0 Å². The highest BCUT2D eigenvalue weighted by Crippen LogP contribution is 2.35. The topological polar surface area (TPSA) is 66.4 Å². The summed E-state index contributed by atoms with van der Waals surface area (Å²) in [5, 5.41) is 11.5. The van der Waals surface area contributed by atoms with E-state index in [1.165, 1.54) is 0 Å². The molecular formula is C12H12BrNO3. The smallest absolute Gasteiger partial charge is 0.329 e. The van der Waals surface area contributed by atoms with E-state index in [9.17, 15) is 9.59 Å². The number of hydrogen-bond acceptors (Lipinski definition) is 2. The fraction of sp³-hybridized carbons (Fsp3) is 0.333. The van der Waals surface area contributed by atoms with Gasteiger partial charge in [-0.2, -0.15) is 0 Å². The molecule has 1 fully saturated rings. The van der Waals surface area contributed by atoms with E-state index < -0.39 is 11.5 Å². The summed E-state index contributed by atoms with van der Waals surface area (Å²) in [6, 6.07) is 7.38. The molecule has 0 heterocycles. The van der Waals surface area contributed by atoms with Crippen LogP contribution >= 0.6 is 15.9 Å². The quantitative estimate of drug-likeness (QED) is 0.889. The van der Waals surface area contributed by atoms with Gasteiger partial charge < -0.3 is 10.4 Å². The molecule has 1 aromatic rings. The number of carboxylic acid groups (broad SMARTS) is 1. The van der Waals surface area contributed by atoms with Gasteiger partial charge >= 0.3 is 5.97 Å². The van der Waals surface area contributed by atoms with Crippen LogP contribution in [-0.4, -0.2) is 22.5 Å². The van der Waals surface area contributed by atoms with Crippen molar-refractivity contribution in [2.24, 2.45) is 0 Å². The Morgan fingerprint density at radius 2 is 1.88 bits per heavy atom. The third-order valence-electron chi connectivity index (χ3n) is 2.82. The zero-order valence-corrected chi connectivity index (χ0v) is 10.7. The van der Waals surface area contributed by atoms with Crippen LogP contribution in [0, 0.1) is 0 Å². The number of carboxylic acids is 1. The molecule has 2 rings (SSSR count). The Balaban J connectivity index is 1.94. The maximum absolute atomic E-state index is 11.7. The van der Waals surface area contributed by atoms with Crippen molar-refractivity contribution in [3.8, 4) is 0 Å². The molecule has 0 saturated heterocycles. The Kier molecular flexibility index (Phi) is 3.19. The van der Waals surface area contributed by atoms with Crippen LogP contribution in [0.5, 0.6) is 0 Å². The van der Waals surface area contributed by atoms with Gasteiger partial charge in [-0.05, 0) is 30.5 Å². The van der Waals surface area contributed by atoms with Gasteiger partial charge in [0.05, 0.1) is 6.42 Å². The minimum atomic E-state index is -0.994. The molecule has 1 saturated carbocycles. The number of benzene rings is 1. The molecule has 17 heavy (non-hydrogen) atoms. The summed E-state index contributed by atoms with van der Waals surface area (Å²) in [4.78, 5) is 22.6. The molecule has 0 aliphatic heterocycles. The van der Waals surface area contributed by atoms with Crippen molar-refractivity contribution in [2.75, 3.05) is 0 Å². The van der Waals surface area contributed by atoms with Crippen molar-refractivity contribution in [2.45, 2.75) is 24.8 Å². The predicted octanol–water partition coefficient (Wildman–Crippen LogP) is 1.72. The molecule has 1 amide bonds. The van der Waals surface area contributed by atoms with Crippen LogP contribution < -0.4 is 5.32 Å². The normalized spacial score (nSPS) is 16.3. The molecule has 1 aliphatic carbocycles. The van der Waals surface area contributed by atoms with E-state index in [0.29, 0.717) is 12.8 Å². The number of amides is 1. The molecule has 0 radical (unpaired) electrons. The average molecular weight is 298 g/mol. The van der Waals surface area contributed by atoms with Crippen LogP contribution in [0.25, 0.3) is 0 Å². The van der Waals surface area contributed by atoms with E-state index in [1.807, 2.05) is 24.3 Å². The Morgan fingerprint density at radius 1 is 1.29 bits per heavy atom. The summed E-state index contributed by atoms with van der Waals surface area (Å²) >= 11 is 3.31. The number of carbonyl (C=O) groups excluding carboxylic acids is 1. The lowest BCUT2D eigenvalue weighted by Crippen LogP contribution is -2.43. The molecule has 4 nitrogen and oxygen atoms in total. The van der Waals surface area contributed by atoms with Gasteiger partial charge in [0.1, 0.15) is 5.54 Å². The summed E-state index contributed by atoms with van der Waals surface area (Å²) in [6.07, 6.45) is 1.26. The molecule has 2 N–H and O–H groups in total. The SMILES string of the molecule is O=C(Cc1ccc(Br)cc1)NC1(C(=O)O)CC1. The first-order valence-electron chi connectivity index (χ1n) is 5.31. The van der Waals surface area contributed by atoms with E-state index >= 15 is 0 Å². The Morgan fingerprint density at radius 3 is 2.35 bits per heavy atom. The number of halogens is 1.